The van der Waals surface area contributed by atoms with Crippen LogP contribution in [0.4, 0.5) is 0 Å². The molecule has 0 amide bonds. The van der Waals surface area contributed by atoms with E-state index in [1.807, 2.05) is 36.5 Å². The van der Waals surface area contributed by atoms with Crippen LogP contribution >= 0.6 is 0 Å². The number of aryl methyl sites for hydroxylation is 1. The number of hydrogen-bond donors (Lipinski definition) is 0. The first-order chi connectivity index (χ1) is 8.81. The number of imidazole rings is 1. The van der Waals surface area contributed by atoms with Crippen molar-refractivity contribution in [2.24, 2.45) is 0 Å². The molecule has 0 aliphatic heterocycles. The number of pyridine rings is 1. The zero-order valence-corrected chi connectivity index (χ0v) is 10.2. The van der Waals surface area contributed by atoms with Crippen LogP contribution in [0.5, 0.6) is 0 Å². The Balaban J connectivity index is 1.93. The lowest BCUT2D eigenvalue weighted by atomic mass is 10.2. The Hall–Kier alpha value is -2.35. The summed E-state index contributed by atoms with van der Waals surface area (Å²) in [5.74, 6) is 0. The van der Waals surface area contributed by atoms with Crippen LogP contribution in [0.1, 0.15) is 16.8 Å². The van der Waals surface area contributed by atoms with E-state index >= 15 is 0 Å². The molecule has 0 N–H and O–H groups in total. The predicted octanol–water partition coefficient (Wildman–Crippen LogP) is 3.81. The number of rotatable bonds is 2. The fourth-order valence-corrected chi connectivity index (χ4v) is 1.95. The molecule has 2 heteroatoms. The van der Waals surface area contributed by atoms with E-state index in [0.29, 0.717) is 0 Å². The molecule has 0 atom stereocenters. The number of aromatic nitrogens is 2. The molecular formula is C16H14N2. The molecule has 0 unspecified atom stereocenters. The summed E-state index contributed by atoms with van der Waals surface area (Å²) in [4.78, 5) is 4.55. The number of fused-ring (bicyclic) bond motifs is 1. The highest BCUT2D eigenvalue weighted by Gasteiger charge is 1.97. The maximum Gasteiger partial charge on any atom is 0.137 e. The second-order valence-electron chi connectivity index (χ2n) is 4.38. The van der Waals surface area contributed by atoms with E-state index in [-0.39, 0.29) is 0 Å². The summed E-state index contributed by atoms with van der Waals surface area (Å²) >= 11 is 0. The minimum absolute atomic E-state index is 0.976. The molecule has 1 aromatic carbocycles. The molecule has 0 aliphatic carbocycles. The van der Waals surface area contributed by atoms with Crippen LogP contribution in [0.3, 0.4) is 0 Å². The average molecular weight is 234 g/mol. The van der Waals surface area contributed by atoms with E-state index in [0.717, 1.165) is 11.3 Å². The summed E-state index contributed by atoms with van der Waals surface area (Å²) in [5, 5.41) is 0. The van der Waals surface area contributed by atoms with Crippen molar-refractivity contribution in [3.05, 3.63) is 71.7 Å². The molecule has 3 rings (SSSR count). The molecule has 2 nitrogen and oxygen atoms in total. The van der Waals surface area contributed by atoms with Crippen LogP contribution in [0, 0.1) is 6.92 Å². The fraction of sp³-hybridized carbons (Fsp3) is 0.0625. The molecule has 88 valence electrons. The Morgan fingerprint density at radius 3 is 2.61 bits per heavy atom. The van der Waals surface area contributed by atoms with Gasteiger partial charge in [0.2, 0.25) is 0 Å². The van der Waals surface area contributed by atoms with Gasteiger partial charge in [0.15, 0.2) is 0 Å². The number of nitrogens with zero attached hydrogens (tertiary/aromatic N) is 2. The largest absolute Gasteiger partial charge is 0.306 e. The quantitative estimate of drug-likeness (QED) is 0.659. The van der Waals surface area contributed by atoms with Gasteiger partial charge in [0.25, 0.3) is 0 Å². The summed E-state index contributed by atoms with van der Waals surface area (Å²) in [7, 11) is 0. The Morgan fingerprint density at radius 1 is 0.944 bits per heavy atom. The molecule has 0 radical (unpaired) electrons. The van der Waals surface area contributed by atoms with Crippen LogP contribution in [0.25, 0.3) is 17.8 Å². The van der Waals surface area contributed by atoms with E-state index in [4.69, 9.17) is 0 Å². The monoisotopic (exact) mass is 234 g/mol. The van der Waals surface area contributed by atoms with Gasteiger partial charge in [-0.1, -0.05) is 42.5 Å². The Bertz CT molecular complexity index is 693. The van der Waals surface area contributed by atoms with Gasteiger partial charge in [-0.2, -0.15) is 0 Å². The van der Waals surface area contributed by atoms with E-state index < -0.39 is 0 Å². The molecule has 2 heterocycles. The lowest BCUT2D eigenvalue weighted by Gasteiger charge is -1.92. The zero-order chi connectivity index (χ0) is 12.4. The van der Waals surface area contributed by atoms with Crippen molar-refractivity contribution in [2.45, 2.75) is 6.92 Å². The topological polar surface area (TPSA) is 17.3 Å². The van der Waals surface area contributed by atoms with Crippen LogP contribution in [-0.2, 0) is 0 Å². The van der Waals surface area contributed by atoms with Crippen molar-refractivity contribution in [1.29, 1.82) is 0 Å². The van der Waals surface area contributed by atoms with E-state index in [1.54, 1.807) is 0 Å². The van der Waals surface area contributed by atoms with Crippen LogP contribution in [0.2, 0.25) is 0 Å². The third kappa shape index (κ3) is 2.18. The van der Waals surface area contributed by atoms with Gasteiger partial charge >= 0.3 is 0 Å². The Labute approximate surface area is 106 Å². The second-order valence-corrected chi connectivity index (χ2v) is 4.38. The molecule has 18 heavy (non-hydrogen) atoms. The lowest BCUT2D eigenvalue weighted by molar-refractivity contribution is 1.16. The van der Waals surface area contributed by atoms with Crippen molar-refractivity contribution in [3.8, 4) is 0 Å². The predicted molar refractivity (Wildman–Crippen MR) is 75.3 cm³/mol. The molecule has 0 bridgehead atoms. The summed E-state index contributed by atoms with van der Waals surface area (Å²) in [6.45, 7) is 2.08. The minimum Gasteiger partial charge on any atom is -0.306 e. The van der Waals surface area contributed by atoms with Crippen LogP contribution in [-0.4, -0.2) is 9.38 Å². The number of benzene rings is 1. The smallest absolute Gasteiger partial charge is 0.137 e. The van der Waals surface area contributed by atoms with Gasteiger partial charge in [-0.3, -0.25) is 0 Å². The van der Waals surface area contributed by atoms with Crippen molar-refractivity contribution < 1.29 is 0 Å². The minimum atomic E-state index is 0.976. The zero-order valence-electron chi connectivity index (χ0n) is 10.2. The first-order valence-electron chi connectivity index (χ1n) is 6.00. The summed E-state index contributed by atoms with van der Waals surface area (Å²) in [6.07, 6.45) is 8.25. The van der Waals surface area contributed by atoms with Crippen molar-refractivity contribution in [2.75, 3.05) is 0 Å². The van der Waals surface area contributed by atoms with Gasteiger partial charge in [0.1, 0.15) is 5.65 Å². The van der Waals surface area contributed by atoms with Crippen molar-refractivity contribution in [1.82, 2.24) is 9.38 Å². The summed E-state index contributed by atoms with van der Waals surface area (Å²) < 4.78 is 2.06. The van der Waals surface area contributed by atoms with Gasteiger partial charge in [0, 0.05) is 12.4 Å². The molecule has 0 spiro atoms. The third-order valence-electron chi connectivity index (χ3n) is 2.86. The van der Waals surface area contributed by atoms with Crippen molar-refractivity contribution in [3.63, 3.8) is 0 Å². The molecule has 0 aliphatic rings. The SMILES string of the molecule is Cc1ccc2nc(/C=C/c3ccccc3)cn2c1. The van der Waals surface area contributed by atoms with Gasteiger partial charge in [0.05, 0.1) is 5.69 Å². The highest BCUT2D eigenvalue weighted by Crippen LogP contribution is 2.10. The van der Waals surface area contributed by atoms with Gasteiger partial charge in [-0.25, -0.2) is 4.98 Å². The molecule has 2 aromatic heterocycles. The Kier molecular flexibility index (Phi) is 2.69. The molecule has 0 saturated heterocycles. The van der Waals surface area contributed by atoms with Gasteiger partial charge < -0.3 is 4.40 Å². The third-order valence-corrected chi connectivity index (χ3v) is 2.86. The first kappa shape index (κ1) is 10.8. The van der Waals surface area contributed by atoms with Gasteiger partial charge in [-0.15, -0.1) is 0 Å². The van der Waals surface area contributed by atoms with Crippen LogP contribution in [0.15, 0.2) is 54.9 Å². The summed E-state index contributed by atoms with van der Waals surface area (Å²) in [5.41, 5.74) is 4.38. The summed E-state index contributed by atoms with van der Waals surface area (Å²) in [6, 6.07) is 14.4. The Morgan fingerprint density at radius 2 is 1.78 bits per heavy atom. The molecular weight excluding hydrogens is 220 g/mol. The van der Waals surface area contributed by atoms with E-state index in [1.165, 1.54) is 11.1 Å². The maximum atomic E-state index is 4.55. The maximum absolute atomic E-state index is 4.55. The standard InChI is InChI=1S/C16H14N2/c1-13-7-10-16-17-15(12-18(16)11-13)9-8-14-5-3-2-4-6-14/h2-12H,1H3/b9-8+. The lowest BCUT2D eigenvalue weighted by Crippen LogP contribution is -1.82. The highest BCUT2D eigenvalue weighted by atomic mass is 15.0. The first-order valence-corrected chi connectivity index (χ1v) is 6.00. The van der Waals surface area contributed by atoms with E-state index in [9.17, 15) is 0 Å². The van der Waals surface area contributed by atoms with E-state index in [2.05, 4.69) is 46.8 Å². The van der Waals surface area contributed by atoms with Crippen LogP contribution < -0.4 is 0 Å². The molecule has 0 saturated carbocycles. The molecule has 0 fully saturated rings. The van der Waals surface area contributed by atoms with Gasteiger partial charge in [-0.05, 0) is 30.2 Å². The fourth-order valence-electron chi connectivity index (χ4n) is 1.95. The average Bonchev–Trinajstić information content (AvgIpc) is 2.79. The highest BCUT2D eigenvalue weighted by molar-refractivity contribution is 5.68. The number of hydrogen-bond acceptors (Lipinski definition) is 1. The van der Waals surface area contributed by atoms with Crippen molar-refractivity contribution >= 4 is 17.8 Å². The molecule has 3 aromatic rings. The second kappa shape index (κ2) is 4.49. The normalized spacial score (nSPS) is 11.4.